The molecular weight excluding hydrogens is 321 g/mol. The van der Waals surface area contributed by atoms with Crippen molar-refractivity contribution in [2.24, 2.45) is 0 Å². The topological polar surface area (TPSA) is 72.6 Å². The highest BCUT2D eigenvalue weighted by molar-refractivity contribution is 9.10. The molecule has 2 rings (SSSR count). The van der Waals surface area contributed by atoms with Gasteiger partial charge in [0.05, 0.1) is 4.47 Å². The van der Waals surface area contributed by atoms with Crippen LogP contribution in [0.5, 0.6) is 5.75 Å². The van der Waals surface area contributed by atoms with Crippen LogP contribution in [0.25, 0.3) is 11.3 Å². The number of aromatic nitrogens is 1. The Bertz CT molecular complexity index is 600. The molecule has 1 N–H and O–H groups in total. The molecule has 5 nitrogen and oxygen atoms in total. The van der Waals surface area contributed by atoms with Gasteiger partial charge in [-0.05, 0) is 28.9 Å². The fraction of sp³-hybridized carbons (Fsp3) is 0.167. The third-order valence-electron chi connectivity index (χ3n) is 2.39. The van der Waals surface area contributed by atoms with E-state index in [0.717, 1.165) is 6.07 Å². The molecule has 0 aliphatic rings. The van der Waals surface area contributed by atoms with Crippen molar-refractivity contribution in [3.05, 3.63) is 34.8 Å². The quantitative estimate of drug-likeness (QED) is 0.933. The van der Waals surface area contributed by atoms with Gasteiger partial charge in [-0.25, -0.2) is 9.18 Å². The molecule has 19 heavy (non-hydrogen) atoms. The van der Waals surface area contributed by atoms with E-state index in [1.807, 2.05) is 0 Å². The lowest BCUT2D eigenvalue weighted by atomic mass is 10.1. The van der Waals surface area contributed by atoms with Crippen molar-refractivity contribution in [3.8, 4) is 17.0 Å². The molecule has 1 heterocycles. The van der Waals surface area contributed by atoms with Gasteiger partial charge >= 0.3 is 5.97 Å². The Hall–Kier alpha value is -1.89. The van der Waals surface area contributed by atoms with Gasteiger partial charge in [0.1, 0.15) is 23.5 Å². The predicted molar refractivity (Wildman–Crippen MR) is 67.3 cm³/mol. The van der Waals surface area contributed by atoms with Gasteiger partial charge in [-0.15, -0.1) is 0 Å². The normalized spacial score (nSPS) is 12.2. The molecule has 0 bridgehead atoms. The van der Waals surface area contributed by atoms with Crippen LogP contribution in [0.3, 0.4) is 0 Å². The van der Waals surface area contributed by atoms with E-state index in [2.05, 4.69) is 21.1 Å². The number of carboxylic acid groups (broad SMARTS) is 1. The molecule has 1 aromatic carbocycles. The van der Waals surface area contributed by atoms with Crippen LogP contribution in [0.2, 0.25) is 0 Å². The first-order valence-corrected chi connectivity index (χ1v) is 6.07. The van der Waals surface area contributed by atoms with Crippen molar-refractivity contribution in [2.45, 2.75) is 13.0 Å². The molecule has 0 unspecified atom stereocenters. The zero-order chi connectivity index (χ0) is 14.0. The summed E-state index contributed by atoms with van der Waals surface area (Å²) in [5, 5.41) is 12.6. The molecule has 0 spiro atoms. The fourth-order valence-corrected chi connectivity index (χ4v) is 1.76. The second-order valence-electron chi connectivity index (χ2n) is 3.75. The SMILES string of the molecule is C[C@H](Oc1cc(F)c(Br)cc1-c1ccon1)C(=O)O. The molecule has 0 fully saturated rings. The van der Waals surface area contributed by atoms with Crippen molar-refractivity contribution in [2.75, 3.05) is 0 Å². The lowest BCUT2D eigenvalue weighted by molar-refractivity contribution is -0.144. The van der Waals surface area contributed by atoms with Crippen molar-refractivity contribution in [1.82, 2.24) is 5.16 Å². The van der Waals surface area contributed by atoms with Crippen molar-refractivity contribution in [3.63, 3.8) is 0 Å². The molecule has 2 aromatic rings. The average Bonchev–Trinajstić information content (AvgIpc) is 2.86. The summed E-state index contributed by atoms with van der Waals surface area (Å²) in [4.78, 5) is 10.8. The Morgan fingerprint density at radius 1 is 1.58 bits per heavy atom. The van der Waals surface area contributed by atoms with E-state index in [0.29, 0.717) is 11.3 Å². The van der Waals surface area contributed by atoms with Crippen LogP contribution in [0.15, 0.2) is 33.5 Å². The number of hydrogen-bond donors (Lipinski definition) is 1. The molecule has 0 aliphatic carbocycles. The van der Waals surface area contributed by atoms with Crippen LogP contribution < -0.4 is 4.74 Å². The van der Waals surface area contributed by atoms with Crippen molar-refractivity contribution < 1.29 is 23.6 Å². The first-order valence-electron chi connectivity index (χ1n) is 5.28. The van der Waals surface area contributed by atoms with Crippen molar-refractivity contribution >= 4 is 21.9 Å². The van der Waals surface area contributed by atoms with Crippen LogP contribution in [0.4, 0.5) is 4.39 Å². The molecule has 1 aromatic heterocycles. The maximum atomic E-state index is 13.5. The molecular formula is C12H9BrFNO4. The minimum absolute atomic E-state index is 0.0875. The van der Waals surface area contributed by atoms with E-state index >= 15 is 0 Å². The summed E-state index contributed by atoms with van der Waals surface area (Å²) in [7, 11) is 0. The molecule has 0 saturated carbocycles. The fourth-order valence-electron chi connectivity index (χ4n) is 1.42. The summed E-state index contributed by atoms with van der Waals surface area (Å²) < 4.78 is 23.7. The first-order chi connectivity index (χ1) is 8.99. The molecule has 0 aliphatic heterocycles. The van der Waals surface area contributed by atoms with Crippen LogP contribution >= 0.6 is 15.9 Å². The van der Waals surface area contributed by atoms with Crippen molar-refractivity contribution in [1.29, 1.82) is 0 Å². The monoisotopic (exact) mass is 329 g/mol. The highest BCUT2D eigenvalue weighted by Gasteiger charge is 2.19. The Morgan fingerprint density at radius 3 is 2.89 bits per heavy atom. The minimum atomic E-state index is -1.14. The van der Waals surface area contributed by atoms with E-state index in [9.17, 15) is 9.18 Å². The molecule has 0 saturated heterocycles. The Morgan fingerprint density at radius 2 is 2.32 bits per heavy atom. The van der Waals surface area contributed by atoms with E-state index in [4.69, 9.17) is 14.4 Å². The summed E-state index contributed by atoms with van der Waals surface area (Å²) >= 11 is 3.06. The number of nitrogens with zero attached hydrogens (tertiary/aromatic N) is 1. The summed E-state index contributed by atoms with van der Waals surface area (Å²) in [5.41, 5.74) is 0.864. The summed E-state index contributed by atoms with van der Waals surface area (Å²) in [5.74, 6) is -1.61. The number of ether oxygens (including phenoxy) is 1. The van der Waals surface area contributed by atoms with Gasteiger partial charge in [0, 0.05) is 17.7 Å². The smallest absolute Gasteiger partial charge is 0.344 e. The molecule has 0 amide bonds. The van der Waals surface area contributed by atoms with Crippen LogP contribution in [-0.2, 0) is 4.79 Å². The maximum absolute atomic E-state index is 13.5. The molecule has 0 radical (unpaired) electrons. The number of carboxylic acids is 1. The summed E-state index contributed by atoms with van der Waals surface area (Å²) in [6.45, 7) is 1.36. The molecule has 1 atom stereocenters. The van der Waals surface area contributed by atoms with E-state index in [1.165, 1.54) is 19.3 Å². The van der Waals surface area contributed by atoms with Crippen LogP contribution in [0.1, 0.15) is 6.92 Å². The zero-order valence-electron chi connectivity index (χ0n) is 9.76. The number of hydrogen-bond acceptors (Lipinski definition) is 4. The largest absolute Gasteiger partial charge is 0.479 e. The third kappa shape index (κ3) is 2.93. The standard InChI is InChI=1S/C12H9BrFNO4/c1-6(12(16)17)19-11-5-9(14)8(13)4-7(11)10-2-3-18-15-10/h2-6H,1H3,(H,16,17)/t6-/m0/s1. The van der Waals surface area contributed by atoms with Gasteiger partial charge in [-0.3, -0.25) is 0 Å². The number of benzene rings is 1. The zero-order valence-corrected chi connectivity index (χ0v) is 11.3. The Kier molecular flexibility index (Phi) is 3.84. The number of halogens is 2. The van der Waals surface area contributed by atoms with Gasteiger partial charge in [0.15, 0.2) is 6.10 Å². The highest BCUT2D eigenvalue weighted by atomic mass is 79.9. The lowest BCUT2D eigenvalue weighted by Crippen LogP contribution is -2.23. The molecule has 100 valence electrons. The van der Waals surface area contributed by atoms with E-state index in [-0.39, 0.29) is 10.2 Å². The van der Waals surface area contributed by atoms with Gasteiger partial charge < -0.3 is 14.4 Å². The van der Waals surface area contributed by atoms with Gasteiger partial charge in [0.25, 0.3) is 0 Å². The van der Waals surface area contributed by atoms with E-state index in [1.54, 1.807) is 6.07 Å². The summed E-state index contributed by atoms with van der Waals surface area (Å²) in [6, 6.07) is 4.13. The van der Waals surface area contributed by atoms with Crippen LogP contribution in [0, 0.1) is 5.82 Å². The average molecular weight is 330 g/mol. The van der Waals surface area contributed by atoms with Gasteiger partial charge in [-0.1, -0.05) is 5.16 Å². The van der Waals surface area contributed by atoms with Gasteiger partial charge in [-0.2, -0.15) is 0 Å². The van der Waals surface area contributed by atoms with Gasteiger partial charge in [0.2, 0.25) is 0 Å². The third-order valence-corrected chi connectivity index (χ3v) is 3.00. The molecule has 7 heteroatoms. The Balaban J connectivity index is 2.46. The first kappa shape index (κ1) is 13.5. The highest BCUT2D eigenvalue weighted by Crippen LogP contribution is 2.34. The lowest BCUT2D eigenvalue weighted by Gasteiger charge is -2.14. The maximum Gasteiger partial charge on any atom is 0.344 e. The van der Waals surface area contributed by atoms with Crippen LogP contribution in [-0.4, -0.2) is 22.3 Å². The Labute approximate surface area is 116 Å². The number of carbonyl (C=O) groups is 1. The minimum Gasteiger partial charge on any atom is -0.479 e. The summed E-state index contributed by atoms with van der Waals surface area (Å²) in [6.07, 6.45) is 0.253. The second-order valence-corrected chi connectivity index (χ2v) is 4.60. The van der Waals surface area contributed by atoms with E-state index < -0.39 is 17.9 Å². The predicted octanol–water partition coefficient (Wildman–Crippen LogP) is 3.10. The number of rotatable bonds is 4. The second kappa shape index (κ2) is 5.40. The number of aliphatic carboxylic acids is 1.